The Morgan fingerprint density at radius 3 is 2.38 bits per heavy atom. The number of carbonyl (C=O) groups excluding carboxylic acids is 1. The third kappa shape index (κ3) is 4.20. The van der Waals surface area contributed by atoms with Crippen molar-refractivity contribution in [2.45, 2.75) is 0 Å². The van der Waals surface area contributed by atoms with E-state index in [4.69, 9.17) is 14.2 Å². The zero-order valence-electron chi connectivity index (χ0n) is 13.9. The molecule has 0 aromatic heterocycles. The molecule has 0 atom stereocenters. The molecule has 0 fully saturated rings. The Bertz CT molecular complexity index is 774. The molecule has 0 bridgehead atoms. The Hall–Kier alpha value is -3.13. The van der Waals surface area contributed by atoms with Gasteiger partial charge in [-0.05, 0) is 30.3 Å². The van der Waals surface area contributed by atoms with Crippen LogP contribution in [0, 0.1) is 11.8 Å². The summed E-state index contributed by atoms with van der Waals surface area (Å²) in [4.78, 5) is 12.1. The van der Waals surface area contributed by atoms with Crippen molar-refractivity contribution in [1.29, 1.82) is 0 Å². The van der Waals surface area contributed by atoms with Gasteiger partial charge in [0.2, 0.25) is 0 Å². The van der Waals surface area contributed by atoms with Crippen LogP contribution in [0.25, 0.3) is 0 Å². The van der Waals surface area contributed by atoms with Crippen LogP contribution in [0.1, 0.15) is 15.9 Å². The molecule has 0 radical (unpaired) electrons. The van der Waals surface area contributed by atoms with E-state index in [1.807, 2.05) is 24.3 Å². The number of carbonyl (C=O) groups is 1. The smallest absolute Gasteiger partial charge is 0.252 e. The predicted octanol–water partition coefficient (Wildman–Crippen LogP) is 2.49. The molecule has 2 aromatic carbocycles. The molecular formula is C19H19NO4. The van der Waals surface area contributed by atoms with Gasteiger partial charge in [-0.15, -0.1) is 0 Å². The largest absolute Gasteiger partial charge is 0.495 e. The number of amides is 1. The van der Waals surface area contributed by atoms with Gasteiger partial charge < -0.3 is 19.5 Å². The maximum Gasteiger partial charge on any atom is 0.252 e. The van der Waals surface area contributed by atoms with Crippen molar-refractivity contribution in [3.05, 3.63) is 53.6 Å². The summed E-state index contributed by atoms with van der Waals surface area (Å²) in [5, 5.41) is 2.75. The zero-order chi connectivity index (χ0) is 17.4. The van der Waals surface area contributed by atoms with E-state index in [1.54, 1.807) is 32.4 Å². The maximum atomic E-state index is 12.1. The lowest BCUT2D eigenvalue weighted by Gasteiger charge is -2.09. The van der Waals surface area contributed by atoms with Crippen LogP contribution < -0.4 is 19.5 Å². The summed E-state index contributed by atoms with van der Waals surface area (Å²) in [6, 6.07) is 12.5. The van der Waals surface area contributed by atoms with Crippen molar-refractivity contribution in [3.8, 4) is 29.1 Å². The van der Waals surface area contributed by atoms with Crippen LogP contribution in [-0.2, 0) is 0 Å². The summed E-state index contributed by atoms with van der Waals surface area (Å²) in [5.41, 5.74) is 1.26. The van der Waals surface area contributed by atoms with E-state index in [1.165, 1.54) is 7.11 Å². The lowest BCUT2D eigenvalue weighted by Crippen LogP contribution is -2.23. The van der Waals surface area contributed by atoms with Gasteiger partial charge in [-0.2, -0.15) is 0 Å². The Balaban J connectivity index is 2.00. The fraction of sp³-hybridized carbons (Fsp3) is 0.211. The number of nitrogens with one attached hydrogen (secondary N) is 1. The van der Waals surface area contributed by atoms with Crippen molar-refractivity contribution in [3.63, 3.8) is 0 Å². The molecule has 5 nitrogen and oxygen atoms in total. The van der Waals surface area contributed by atoms with Gasteiger partial charge in [-0.3, -0.25) is 4.79 Å². The van der Waals surface area contributed by atoms with Gasteiger partial charge in [0.15, 0.2) is 11.5 Å². The molecule has 0 saturated heterocycles. The average molecular weight is 325 g/mol. The van der Waals surface area contributed by atoms with E-state index in [9.17, 15) is 4.79 Å². The van der Waals surface area contributed by atoms with E-state index in [0.717, 1.165) is 5.56 Å². The zero-order valence-corrected chi connectivity index (χ0v) is 13.9. The number of ether oxygens (including phenoxy) is 3. The lowest BCUT2D eigenvalue weighted by atomic mass is 10.2. The summed E-state index contributed by atoms with van der Waals surface area (Å²) < 4.78 is 15.6. The number of para-hydroxylation sites is 1. The first kappa shape index (κ1) is 17.2. The van der Waals surface area contributed by atoms with Gasteiger partial charge >= 0.3 is 0 Å². The molecule has 5 heteroatoms. The average Bonchev–Trinajstić information content (AvgIpc) is 2.64. The van der Waals surface area contributed by atoms with Crippen LogP contribution in [0.5, 0.6) is 17.2 Å². The van der Waals surface area contributed by atoms with Crippen molar-refractivity contribution >= 4 is 5.91 Å². The second kappa shape index (κ2) is 8.49. The van der Waals surface area contributed by atoms with Crippen molar-refractivity contribution < 1.29 is 19.0 Å². The third-order valence-electron chi connectivity index (χ3n) is 3.31. The highest BCUT2D eigenvalue weighted by Crippen LogP contribution is 2.27. The normalized spacial score (nSPS) is 9.46. The first-order valence-corrected chi connectivity index (χ1v) is 7.31. The highest BCUT2D eigenvalue weighted by Gasteiger charge is 2.09. The Kier molecular flexibility index (Phi) is 6.09. The van der Waals surface area contributed by atoms with Crippen LogP contribution in [0.3, 0.4) is 0 Å². The third-order valence-corrected chi connectivity index (χ3v) is 3.31. The van der Waals surface area contributed by atoms with Gasteiger partial charge in [-0.25, -0.2) is 0 Å². The molecule has 2 aromatic rings. The first-order chi connectivity index (χ1) is 11.7. The number of benzene rings is 2. The molecule has 2 rings (SSSR count). The highest BCUT2D eigenvalue weighted by molar-refractivity contribution is 5.95. The number of hydrogen-bond acceptors (Lipinski definition) is 4. The van der Waals surface area contributed by atoms with E-state index in [-0.39, 0.29) is 12.5 Å². The summed E-state index contributed by atoms with van der Waals surface area (Å²) in [5.74, 6) is 7.44. The SMILES string of the molecule is COc1ccccc1C#CCNC(=O)c1ccc(OC)c(OC)c1. The van der Waals surface area contributed by atoms with Crippen molar-refractivity contribution in [1.82, 2.24) is 5.32 Å². The summed E-state index contributed by atoms with van der Waals surface area (Å²) in [6.45, 7) is 0.227. The molecule has 24 heavy (non-hydrogen) atoms. The van der Waals surface area contributed by atoms with Gasteiger partial charge in [0.05, 0.1) is 33.4 Å². The fourth-order valence-corrected chi connectivity index (χ4v) is 2.09. The topological polar surface area (TPSA) is 56.8 Å². The molecule has 0 spiro atoms. The maximum absolute atomic E-state index is 12.1. The van der Waals surface area contributed by atoms with E-state index < -0.39 is 0 Å². The minimum atomic E-state index is -0.231. The van der Waals surface area contributed by atoms with E-state index in [2.05, 4.69) is 17.2 Å². The monoisotopic (exact) mass is 325 g/mol. The second-order valence-corrected chi connectivity index (χ2v) is 4.75. The van der Waals surface area contributed by atoms with Crippen LogP contribution in [-0.4, -0.2) is 33.8 Å². The minimum Gasteiger partial charge on any atom is -0.495 e. The van der Waals surface area contributed by atoms with Gasteiger partial charge in [0, 0.05) is 5.56 Å². The molecule has 1 amide bonds. The number of hydrogen-bond donors (Lipinski definition) is 1. The Labute approximate surface area is 141 Å². The van der Waals surface area contributed by atoms with Crippen molar-refractivity contribution in [2.75, 3.05) is 27.9 Å². The molecule has 0 aliphatic carbocycles. The summed E-state index contributed by atoms with van der Waals surface area (Å²) >= 11 is 0. The predicted molar refractivity (Wildman–Crippen MR) is 91.8 cm³/mol. The molecule has 124 valence electrons. The van der Waals surface area contributed by atoms with E-state index in [0.29, 0.717) is 22.8 Å². The minimum absolute atomic E-state index is 0.227. The fourth-order valence-electron chi connectivity index (χ4n) is 2.09. The molecule has 0 saturated carbocycles. The van der Waals surface area contributed by atoms with Gasteiger partial charge in [0.25, 0.3) is 5.91 Å². The van der Waals surface area contributed by atoms with Crippen molar-refractivity contribution in [2.24, 2.45) is 0 Å². The second-order valence-electron chi connectivity index (χ2n) is 4.75. The first-order valence-electron chi connectivity index (χ1n) is 7.31. The standard InChI is InChI=1S/C19H19NO4/c1-22-16-9-5-4-7-14(16)8-6-12-20-19(21)15-10-11-17(23-2)18(13-15)24-3/h4-5,7,9-11,13H,12H2,1-3H3,(H,20,21). The molecule has 0 unspecified atom stereocenters. The number of rotatable bonds is 5. The highest BCUT2D eigenvalue weighted by atomic mass is 16.5. The van der Waals surface area contributed by atoms with Crippen LogP contribution in [0.4, 0.5) is 0 Å². The molecule has 0 aliphatic rings. The molecular weight excluding hydrogens is 306 g/mol. The quantitative estimate of drug-likeness (QED) is 0.858. The van der Waals surface area contributed by atoms with Gasteiger partial charge in [0.1, 0.15) is 5.75 Å². The van der Waals surface area contributed by atoms with Crippen LogP contribution in [0.2, 0.25) is 0 Å². The van der Waals surface area contributed by atoms with Crippen LogP contribution >= 0.6 is 0 Å². The van der Waals surface area contributed by atoms with Crippen LogP contribution in [0.15, 0.2) is 42.5 Å². The van der Waals surface area contributed by atoms with Gasteiger partial charge in [-0.1, -0.05) is 24.0 Å². The lowest BCUT2D eigenvalue weighted by molar-refractivity contribution is 0.0958. The molecule has 0 heterocycles. The number of methoxy groups -OCH3 is 3. The van der Waals surface area contributed by atoms with E-state index >= 15 is 0 Å². The molecule has 1 N–H and O–H groups in total. The molecule has 0 aliphatic heterocycles. The summed E-state index contributed by atoms with van der Waals surface area (Å²) in [6.07, 6.45) is 0. The Morgan fingerprint density at radius 2 is 1.67 bits per heavy atom. The Morgan fingerprint density at radius 1 is 0.958 bits per heavy atom. The summed E-state index contributed by atoms with van der Waals surface area (Å²) in [7, 11) is 4.67.